The van der Waals surface area contributed by atoms with E-state index in [1.807, 2.05) is 0 Å². The Bertz CT molecular complexity index is 935. The molecular formula is C16H15Cl3N2O4S. The lowest BCUT2D eigenvalue weighted by molar-refractivity contribution is -0.116. The largest absolute Gasteiger partial charge is 0.495 e. The Morgan fingerprint density at radius 1 is 1.12 bits per heavy atom. The van der Waals surface area contributed by atoms with Crippen LogP contribution in [0.3, 0.4) is 0 Å². The van der Waals surface area contributed by atoms with Crippen molar-refractivity contribution < 1.29 is 17.9 Å². The van der Waals surface area contributed by atoms with Gasteiger partial charge in [0.1, 0.15) is 5.75 Å². The number of benzene rings is 2. The van der Waals surface area contributed by atoms with E-state index in [1.54, 1.807) is 6.07 Å². The zero-order valence-electron chi connectivity index (χ0n) is 13.8. The van der Waals surface area contributed by atoms with Crippen LogP contribution in [0.2, 0.25) is 15.1 Å². The van der Waals surface area contributed by atoms with Crippen molar-refractivity contribution in [3.05, 3.63) is 51.5 Å². The minimum Gasteiger partial charge on any atom is -0.495 e. The van der Waals surface area contributed by atoms with Crippen molar-refractivity contribution in [2.45, 2.75) is 4.90 Å². The normalized spacial score (nSPS) is 11.5. The van der Waals surface area contributed by atoms with E-state index in [0.29, 0.717) is 16.5 Å². The molecule has 0 atom stereocenters. The number of sulfonamides is 1. The van der Waals surface area contributed by atoms with Crippen LogP contribution >= 0.6 is 34.8 Å². The van der Waals surface area contributed by atoms with Crippen molar-refractivity contribution in [1.82, 2.24) is 4.31 Å². The molecule has 0 aliphatic rings. The quantitative estimate of drug-likeness (QED) is 0.743. The van der Waals surface area contributed by atoms with E-state index in [1.165, 1.54) is 44.5 Å². The molecule has 140 valence electrons. The number of methoxy groups -OCH3 is 1. The van der Waals surface area contributed by atoms with Crippen molar-refractivity contribution in [2.24, 2.45) is 0 Å². The molecule has 0 radical (unpaired) electrons. The van der Waals surface area contributed by atoms with E-state index in [9.17, 15) is 13.2 Å². The molecule has 0 spiro atoms. The van der Waals surface area contributed by atoms with Crippen molar-refractivity contribution >= 4 is 56.4 Å². The second kappa shape index (κ2) is 8.45. The minimum atomic E-state index is -3.92. The van der Waals surface area contributed by atoms with Crippen LogP contribution in [0.25, 0.3) is 0 Å². The van der Waals surface area contributed by atoms with Crippen LogP contribution in [-0.2, 0) is 14.8 Å². The summed E-state index contributed by atoms with van der Waals surface area (Å²) in [5.41, 5.74) is 0.294. The number of hydrogen-bond acceptors (Lipinski definition) is 4. The molecule has 0 bridgehead atoms. The van der Waals surface area contributed by atoms with Crippen LogP contribution in [0.15, 0.2) is 41.3 Å². The van der Waals surface area contributed by atoms with Crippen LogP contribution in [0.1, 0.15) is 0 Å². The Kier molecular flexibility index (Phi) is 6.76. The molecule has 0 saturated heterocycles. The van der Waals surface area contributed by atoms with Crippen LogP contribution < -0.4 is 10.1 Å². The highest BCUT2D eigenvalue weighted by atomic mass is 35.5. The van der Waals surface area contributed by atoms with Gasteiger partial charge in [0.05, 0.1) is 34.3 Å². The smallest absolute Gasteiger partial charge is 0.243 e. The van der Waals surface area contributed by atoms with Crippen LogP contribution in [0.5, 0.6) is 5.75 Å². The SMILES string of the molecule is COc1ccc(S(=O)(=O)N(C)CC(=O)Nc2cc(Cl)ccc2Cl)cc1Cl. The van der Waals surface area contributed by atoms with Gasteiger partial charge < -0.3 is 10.1 Å². The van der Waals surface area contributed by atoms with Crippen LogP contribution in [0.4, 0.5) is 5.69 Å². The first kappa shape index (κ1) is 20.8. The van der Waals surface area contributed by atoms with E-state index in [0.717, 1.165) is 4.31 Å². The molecule has 2 aromatic carbocycles. The summed E-state index contributed by atoms with van der Waals surface area (Å²) in [4.78, 5) is 12.1. The third kappa shape index (κ3) is 4.81. The standard InChI is InChI=1S/C16H15Cl3N2O4S/c1-21(9-16(22)20-14-7-10(17)3-5-12(14)18)26(23,24)11-4-6-15(25-2)13(19)8-11/h3-8H,9H2,1-2H3,(H,20,22). The van der Waals surface area contributed by atoms with E-state index >= 15 is 0 Å². The monoisotopic (exact) mass is 436 g/mol. The number of amides is 1. The molecule has 6 nitrogen and oxygen atoms in total. The summed E-state index contributed by atoms with van der Waals surface area (Å²) in [6.45, 7) is -0.422. The predicted octanol–water partition coefficient (Wildman–Crippen LogP) is 3.91. The average Bonchev–Trinajstić information content (AvgIpc) is 2.57. The molecule has 0 aromatic heterocycles. The number of anilines is 1. The lowest BCUT2D eigenvalue weighted by atomic mass is 10.3. The van der Waals surface area contributed by atoms with Gasteiger partial charge in [-0.25, -0.2) is 8.42 Å². The van der Waals surface area contributed by atoms with Gasteiger partial charge >= 0.3 is 0 Å². The summed E-state index contributed by atoms with van der Waals surface area (Å²) < 4.78 is 31.1. The fraction of sp³-hybridized carbons (Fsp3) is 0.188. The van der Waals surface area contributed by atoms with Crippen molar-refractivity contribution in [3.63, 3.8) is 0 Å². The maximum Gasteiger partial charge on any atom is 0.243 e. The van der Waals surface area contributed by atoms with Gasteiger partial charge in [0.25, 0.3) is 0 Å². The van der Waals surface area contributed by atoms with Crippen LogP contribution in [0, 0.1) is 0 Å². The zero-order chi connectivity index (χ0) is 19.5. The van der Waals surface area contributed by atoms with Gasteiger partial charge in [0.2, 0.25) is 15.9 Å². The summed E-state index contributed by atoms with van der Waals surface area (Å²) in [5, 5.41) is 3.35. The number of likely N-dealkylation sites (N-methyl/N-ethyl adjacent to an activating group) is 1. The molecular weight excluding hydrogens is 423 g/mol. The van der Waals surface area contributed by atoms with E-state index in [-0.39, 0.29) is 14.9 Å². The number of ether oxygens (including phenoxy) is 1. The summed E-state index contributed by atoms with van der Waals surface area (Å²) in [6.07, 6.45) is 0. The zero-order valence-corrected chi connectivity index (χ0v) is 16.9. The molecule has 1 amide bonds. The molecule has 0 heterocycles. The topological polar surface area (TPSA) is 75.7 Å². The molecule has 0 saturated carbocycles. The van der Waals surface area contributed by atoms with Gasteiger partial charge in [0.15, 0.2) is 0 Å². The molecule has 1 N–H and O–H groups in total. The Balaban J connectivity index is 2.14. The van der Waals surface area contributed by atoms with Gasteiger partial charge in [0, 0.05) is 12.1 Å². The van der Waals surface area contributed by atoms with Crippen molar-refractivity contribution in [1.29, 1.82) is 0 Å². The van der Waals surface area contributed by atoms with E-state index in [4.69, 9.17) is 39.5 Å². The lowest BCUT2D eigenvalue weighted by Crippen LogP contribution is -2.35. The predicted molar refractivity (Wildman–Crippen MR) is 103 cm³/mol. The number of hydrogen-bond donors (Lipinski definition) is 1. The fourth-order valence-corrected chi connectivity index (χ4v) is 3.87. The molecule has 0 aliphatic heterocycles. The second-order valence-electron chi connectivity index (χ2n) is 5.23. The first-order chi connectivity index (χ1) is 12.1. The van der Waals surface area contributed by atoms with Gasteiger partial charge in [-0.3, -0.25) is 4.79 Å². The molecule has 2 rings (SSSR count). The Labute approximate surface area is 166 Å². The lowest BCUT2D eigenvalue weighted by Gasteiger charge is -2.18. The summed E-state index contributed by atoms with van der Waals surface area (Å²) in [6, 6.07) is 8.62. The van der Waals surface area contributed by atoms with Gasteiger partial charge in [-0.05, 0) is 36.4 Å². The maximum atomic E-state index is 12.6. The molecule has 26 heavy (non-hydrogen) atoms. The fourth-order valence-electron chi connectivity index (χ4n) is 2.06. The van der Waals surface area contributed by atoms with Crippen molar-refractivity contribution in [3.8, 4) is 5.75 Å². The third-order valence-electron chi connectivity index (χ3n) is 3.40. The van der Waals surface area contributed by atoms with E-state index in [2.05, 4.69) is 5.32 Å². The summed E-state index contributed by atoms with van der Waals surface area (Å²) in [5.74, 6) is -0.221. The highest BCUT2D eigenvalue weighted by Gasteiger charge is 2.24. The van der Waals surface area contributed by atoms with E-state index < -0.39 is 22.5 Å². The molecule has 10 heteroatoms. The third-order valence-corrected chi connectivity index (χ3v) is 6.06. The molecule has 2 aromatic rings. The Morgan fingerprint density at radius 3 is 2.42 bits per heavy atom. The maximum absolute atomic E-state index is 12.6. The van der Waals surface area contributed by atoms with Gasteiger partial charge in [-0.15, -0.1) is 0 Å². The highest BCUT2D eigenvalue weighted by molar-refractivity contribution is 7.89. The molecule has 0 aliphatic carbocycles. The van der Waals surface area contributed by atoms with Gasteiger partial charge in [-0.2, -0.15) is 4.31 Å². The summed E-state index contributed by atoms with van der Waals surface area (Å²) >= 11 is 17.8. The second-order valence-corrected chi connectivity index (χ2v) is 8.53. The average molecular weight is 438 g/mol. The number of nitrogens with one attached hydrogen (secondary N) is 1. The van der Waals surface area contributed by atoms with Gasteiger partial charge in [-0.1, -0.05) is 34.8 Å². The number of halogens is 3. The Morgan fingerprint density at radius 2 is 1.81 bits per heavy atom. The molecule has 0 unspecified atom stereocenters. The Hall–Kier alpha value is -1.51. The van der Waals surface area contributed by atoms with Crippen LogP contribution in [-0.4, -0.2) is 39.3 Å². The number of carbonyl (C=O) groups excluding carboxylic acids is 1. The molecule has 0 fully saturated rings. The number of carbonyl (C=O) groups is 1. The van der Waals surface area contributed by atoms with Crippen molar-refractivity contribution in [2.75, 3.05) is 26.0 Å². The highest BCUT2D eigenvalue weighted by Crippen LogP contribution is 2.28. The number of nitrogens with zero attached hydrogens (tertiary/aromatic N) is 1. The first-order valence-electron chi connectivity index (χ1n) is 7.20. The first-order valence-corrected chi connectivity index (χ1v) is 9.77. The summed E-state index contributed by atoms with van der Waals surface area (Å²) in [7, 11) is -1.21. The minimum absolute atomic E-state index is 0.0561. The number of rotatable bonds is 6.